The van der Waals surface area contributed by atoms with Gasteiger partial charge in [0.15, 0.2) is 5.82 Å². The molecule has 1 atom stereocenters. The van der Waals surface area contributed by atoms with Crippen LogP contribution in [0.25, 0.3) is 10.9 Å². The number of rotatable bonds is 7. The molecule has 0 spiro atoms. The third-order valence-electron chi connectivity index (χ3n) is 5.31. The Hall–Kier alpha value is -3.16. The smallest absolute Gasteiger partial charge is 0.261 e. The second-order valence-electron chi connectivity index (χ2n) is 7.56. The molecule has 1 saturated carbocycles. The maximum atomic E-state index is 12.5. The molecule has 9 nitrogen and oxygen atoms in total. The number of sulfonamides is 1. The fraction of sp³-hybridized carbons (Fsp3) is 0.350. The number of H-pyrrole nitrogens is 1. The van der Waals surface area contributed by atoms with Crippen molar-refractivity contribution in [2.45, 2.75) is 30.2 Å². The molecule has 0 radical (unpaired) electrons. The predicted molar refractivity (Wildman–Crippen MR) is 113 cm³/mol. The van der Waals surface area contributed by atoms with Crippen molar-refractivity contribution >= 4 is 32.4 Å². The molecule has 4 rings (SSSR count). The number of pyridine rings is 1. The lowest BCUT2D eigenvalue weighted by Crippen LogP contribution is -2.22. The molecule has 0 saturated heterocycles. The number of anilines is 2. The number of hydrogen-bond donors (Lipinski definition) is 2. The van der Waals surface area contributed by atoms with Gasteiger partial charge in [-0.1, -0.05) is 0 Å². The summed E-state index contributed by atoms with van der Waals surface area (Å²) < 4.78 is 27.4. The van der Waals surface area contributed by atoms with E-state index < -0.39 is 10.0 Å². The van der Waals surface area contributed by atoms with E-state index in [1.165, 1.54) is 26.2 Å². The first kappa shape index (κ1) is 20.1. The summed E-state index contributed by atoms with van der Waals surface area (Å²) in [4.78, 5) is 15.4. The van der Waals surface area contributed by atoms with Gasteiger partial charge in [0.2, 0.25) is 10.0 Å². The van der Waals surface area contributed by atoms with E-state index in [0.717, 1.165) is 17.1 Å². The highest BCUT2D eigenvalue weighted by atomic mass is 32.2. The molecule has 2 N–H and O–H groups in total. The number of nitrogens with one attached hydrogen (secondary N) is 2. The molecule has 1 aliphatic carbocycles. The maximum absolute atomic E-state index is 12.5. The molecule has 30 heavy (non-hydrogen) atoms. The summed E-state index contributed by atoms with van der Waals surface area (Å²) in [6, 6.07) is 10.2. The highest BCUT2D eigenvalue weighted by Crippen LogP contribution is 2.42. The van der Waals surface area contributed by atoms with Crippen LogP contribution in [0.3, 0.4) is 0 Å². The number of aromatic amines is 1. The predicted octanol–water partition coefficient (Wildman–Crippen LogP) is 2.58. The lowest BCUT2D eigenvalue weighted by molar-refractivity contribution is 0.426. The fourth-order valence-corrected chi connectivity index (χ4v) is 4.43. The van der Waals surface area contributed by atoms with Gasteiger partial charge in [-0.05, 0) is 49.1 Å². The van der Waals surface area contributed by atoms with Crippen molar-refractivity contribution in [1.29, 1.82) is 5.26 Å². The zero-order valence-electron chi connectivity index (χ0n) is 16.7. The minimum atomic E-state index is -3.52. The van der Waals surface area contributed by atoms with Crippen molar-refractivity contribution in [3.05, 3.63) is 46.9 Å². The van der Waals surface area contributed by atoms with Crippen LogP contribution in [0.5, 0.6) is 0 Å². The molecule has 1 unspecified atom stereocenters. The fourth-order valence-electron chi connectivity index (χ4n) is 3.52. The number of hydrogen-bond acceptors (Lipinski definition) is 6. The summed E-state index contributed by atoms with van der Waals surface area (Å²) in [7, 11) is -0.571. The molecule has 156 valence electrons. The zero-order valence-corrected chi connectivity index (χ0v) is 17.5. The Morgan fingerprint density at radius 3 is 2.60 bits per heavy atom. The quantitative estimate of drug-likeness (QED) is 0.598. The number of nitrogens with zero attached hydrogens (tertiary/aromatic N) is 4. The molecule has 1 aliphatic rings. The lowest BCUT2D eigenvalue weighted by Gasteiger charge is -2.14. The molecular weight excluding hydrogens is 404 g/mol. The Morgan fingerprint density at radius 2 is 2.00 bits per heavy atom. The normalized spacial score (nSPS) is 15.3. The molecule has 1 fully saturated rings. The van der Waals surface area contributed by atoms with E-state index in [1.54, 1.807) is 29.1 Å². The van der Waals surface area contributed by atoms with Gasteiger partial charge < -0.3 is 10.3 Å². The van der Waals surface area contributed by atoms with Gasteiger partial charge in [-0.3, -0.25) is 9.48 Å². The molecular formula is C20H22N6O3S. The second kappa shape index (κ2) is 7.59. The summed E-state index contributed by atoms with van der Waals surface area (Å²) in [5.74, 6) is 0.758. The highest BCUT2D eigenvalue weighted by molar-refractivity contribution is 7.89. The van der Waals surface area contributed by atoms with Crippen molar-refractivity contribution in [2.24, 2.45) is 5.92 Å². The summed E-state index contributed by atoms with van der Waals surface area (Å²) in [5, 5.41) is 17.4. The monoisotopic (exact) mass is 426 g/mol. The molecule has 0 amide bonds. The SMILES string of the molecule is CN(C)S(=O)(=O)c1ccc(Nc2nn(C(CC#N)C3CC3)c3cc[nH]c(=O)c23)cc1. The summed E-state index contributed by atoms with van der Waals surface area (Å²) >= 11 is 0. The topological polar surface area (TPSA) is 124 Å². The number of nitriles is 1. The van der Waals surface area contributed by atoms with Crippen molar-refractivity contribution in [3.63, 3.8) is 0 Å². The molecule has 3 aromatic rings. The van der Waals surface area contributed by atoms with Crippen LogP contribution >= 0.6 is 0 Å². The lowest BCUT2D eigenvalue weighted by atomic mass is 10.1. The molecule has 0 bridgehead atoms. The Balaban J connectivity index is 1.73. The van der Waals surface area contributed by atoms with Gasteiger partial charge in [-0.2, -0.15) is 10.4 Å². The Morgan fingerprint density at radius 1 is 1.30 bits per heavy atom. The average molecular weight is 427 g/mol. The Bertz CT molecular complexity index is 1280. The van der Waals surface area contributed by atoms with E-state index in [2.05, 4.69) is 21.5 Å². The molecule has 2 heterocycles. The van der Waals surface area contributed by atoms with Gasteiger partial charge in [-0.15, -0.1) is 0 Å². The first-order chi connectivity index (χ1) is 14.3. The van der Waals surface area contributed by atoms with Gasteiger partial charge in [-0.25, -0.2) is 12.7 Å². The van der Waals surface area contributed by atoms with Crippen LogP contribution in [0.4, 0.5) is 11.5 Å². The number of fused-ring (bicyclic) bond motifs is 1. The van der Waals surface area contributed by atoms with E-state index in [9.17, 15) is 18.5 Å². The van der Waals surface area contributed by atoms with Crippen LogP contribution in [0.2, 0.25) is 0 Å². The summed E-state index contributed by atoms with van der Waals surface area (Å²) in [5.41, 5.74) is 0.991. The van der Waals surface area contributed by atoms with Crippen LogP contribution in [-0.2, 0) is 10.0 Å². The molecule has 1 aromatic carbocycles. The summed E-state index contributed by atoms with van der Waals surface area (Å²) in [6.45, 7) is 0. The van der Waals surface area contributed by atoms with Crippen molar-refractivity contribution in [1.82, 2.24) is 19.1 Å². The van der Waals surface area contributed by atoms with Crippen molar-refractivity contribution in [2.75, 3.05) is 19.4 Å². The maximum Gasteiger partial charge on any atom is 0.261 e. The van der Waals surface area contributed by atoms with Gasteiger partial charge in [0.05, 0.1) is 28.9 Å². The molecule has 2 aromatic heterocycles. The largest absolute Gasteiger partial charge is 0.338 e. The van der Waals surface area contributed by atoms with E-state index in [4.69, 9.17) is 0 Å². The first-order valence-corrected chi connectivity index (χ1v) is 11.0. The van der Waals surface area contributed by atoms with E-state index in [0.29, 0.717) is 34.7 Å². The summed E-state index contributed by atoms with van der Waals surface area (Å²) in [6.07, 6.45) is 3.98. The first-order valence-electron chi connectivity index (χ1n) is 9.59. The van der Waals surface area contributed by atoms with E-state index in [-0.39, 0.29) is 16.5 Å². The van der Waals surface area contributed by atoms with E-state index in [1.807, 2.05) is 0 Å². The Kier molecular flexibility index (Phi) is 5.09. The van der Waals surface area contributed by atoms with Crippen LogP contribution in [0, 0.1) is 17.2 Å². The average Bonchev–Trinajstić information content (AvgIpc) is 3.49. The van der Waals surface area contributed by atoms with Gasteiger partial charge in [0.25, 0.3) is 5.56 Å². The van der Waals surface area contributed by atoms with Crippen LogP contribution in [0.1, 0.15) is 25.3 Å². The third-order valence-corrected chi connectivity index (χ3v) is 7.14. The number of benzene rings is 1. The van der Waals surface area contributed by atoms with Crippen molar-refractivity contribution in [3.8, 4) is 6.07 Å². The minimum absolute atomic E-state index is 0.0811. The molecule has 10 heteroatoms. The van der Waals surface area contributed by atoms with Crippen LogP contribution in [-0.4, -0.2) is 41.6 Å². The highest BCUT2D eigenvalue weighted by Gasteiger charge is 2.34. The number of aromatic nitrogens is 3. The minimum Gasteiger partial charge on any atom is -0.338 e. The third kappa shape index (κ3) is 3.58. The van der Waals surface area contributed by atoms with Crippen LogP contribution in [0.15, 0.2) is 46.2 Å². The van der Waals surface area contributed by atoms with E-state index >= 15 is 0 Å². The standard InChI is InChI=1S/C20H22N6O3S/c1-25(2)30(28,29)15-7-5-14(6-8-15)23-19-18-17(10-12-22-20(18)27)26(24-19)16(9-11-21)13-3-4-13/h5-8,10,12-13,16H,3-4,9H2,1-2H3,(H,22,27)(H,23,24). The van der Waals surface area contributed by atoms with Crippen molar-refractivity contribution < 1.29 is 8.42 Å². The van der Waals surface area contributed by atoms with Gasteiger partial charge in [0.1, 0.15) is 5.39 Å². The zero-order chi connectivity index (χ0) is 21.5. The van der Waals surface area contributed by atoms with Gasteiger partial charge >= 0.3 is 0 Å². The second-order valence-corrected chi connectivity index (χ2v) is 9.72. The molecule has 0 aliphatic heterocycles. The van der Waals surface area contributed by atoms with Gasteiger partial charge in [0, 0.05) is 26.0 Å². The van der Waals surface area contributed by atoms with Crippen LogP contribution < -0.4 is 10.9 Å². The Labute approximate surface area is 174 Å².